The second-order valence-electron chi connectivity index (χ2n) is 7.84. The van der Waals surface area contributed by atoms with Crippen LogP contribution < -0.4 is 22.1 Å². The molecule has 166 valence electrons. The summed E-state index contributed by atoms with van der Waals surface area (Å²) in [4.78, 5) is 28.9. The van der Waals surface area contributed by atoms with Crippen LogP contribution in [0.2, 0.25) is 0 Å². The summed E-state index contributed by atoms with van der Waals surface area (Å²) in [7, 11) is 4.06. The number of carbonyl (C=O) groups excluding carboxylic acids is 2. The van der Waals surface area contributed by atoms with E-state index in [2.05, 4.69) is 27.4 Å². The molecule has 0 aromatic carbocycles. The Labute approximate surface area is 171 Å². The van der Waals surface area contributed by atoms with Gasteiger partial charge in [0.2, 0.25) is 5.91 Å². The van der Waals surface area contributed by atoms with E-state index in [1.54, 1.807) is 0 Å². The fraction of sp³-hybridized carbons (Fsp3) is 0.900. The zero-order valence-corrected chi connectivity index (χ0v) is 18.7. The molecule has 0 aromatic rings. The molecule has 0 saturated carbocycles. The van der Waals surface area contributed by atoms with Crippen molar-refractivity contribution in [3.63, 3.8) is 0 Å². The average Bonchev–Trinajstić information content (AvgIpc) is 2.65. The minimum Gasteiger partial charge on any atom is -0.355 e. The summed E-state index contributed by atoms with van der Waals surface area (Å²) >= 11 is 0. The molecular weight excluding hydrogens is 356 g/mol. The number of Topliss-reactive ketones (excluding diaryl/α,β-unsaturated/α-hetero) is 1. The lowest BCUT2D eigenvalue weighted by atomic mass is 9.92. The number of nitrogens with one attached hydrogen (secondary N) is 2. The number of likely N-dealkylation sites (N-methyl/N-ethyl adjacent to an activating group) is 2. The van der Waals surface area contributed by atoms with Crippen LogP contribution in [0.1, 0.15) is 40.0 Å². The molecule has 0 spiro atoms. The van der Waals surface area contributed by atoms with Crippen molar-refractivity contribution in [3.8, 4) is 0 Å². The molecule has 6 N–H and O–H groups in total. The highest BCUT2D eigenvalue weighted by Crippen LogP contribution is 2.08. The molecule has 28 heavy (non-hydrogen) atoms. The van der Waals surface area contributed by atoms with Gasteiger partial charge in [0.25, 0.3) is 0 Å². The van der Waals surface area contributed by atoms with Crippen LogP contribution in [0.3, 0.4) is 0 Å². The van der Waals surface area contributed by atoms with Gasteiger partial charge >= 0.3 is 0 Å². The first-order chi connectivity index (χ1) is 13.2. The van der Waals surface area contributed by atoms with Gasteiger partial charge in [0.1, 0.15) is 0 Å². The third kappa shape index (κ3) is 12.4. The van der Waals surface area contributed by atoms with E-state index in [-0.39, 0.29) is 30.1 Å². The van der Waals surface area contributed by atoms with E-state index in [1.807, 2.05) is 27.9 Å². The third-order valence-corrected chi connectivity index (χ3v) is 5.16. The van der Waals surface area contributed by atoms with Crippen LogP contribution in [-0.4, -0.2) is 93.5 Å². The predicted molar refractivity (Wildman–Crippen MR) is 116 cm³/mol. The maximum Gasteiger partial charge on any atom is 0.222 e. The number of carbonyl (C=O) groups is 2. The quantitative estimate of drug-likeness (QED) is 0.246. The molecule has 3 unspecified atom stereocenters. The monoisotopic (exact) mass is 400 g/mol. The number of nitrogens with two attached hydrogens (primary N) is 2. The molecule has 0 fully saturated rings. The summed E-state index contributed by atoms with van der Waals surface area (Å²) in [5.41, 5.74) is 11.5. The van der Waals surface area contributed by atoms with Gasteiger partial charge in [-0.3, -0.25) is 9.59 Å². The van der Waals surface area contributed by atoms with Gasteiger partial charge in [0.15, 0.2) is 5.78 Å². The van der Waals surface area contributed by atoms with Gasteiger partial charge in [0.05, 0.1) is 6.04 Å². The van der Waals surface area contributed by atoms with Crippen molar-refractivity contribution in [1.29, 1.82) is 0 Å². The maximum atomic E-state index is 12.5. The molecule has 0 radical (unpaired) electrons. The van der Waals surface area contributed by atoms with Gasteiger partial charge in [-0.2, -0.15) is 0 Å². The molecule has 8 heteroatoms. The Morgan fingerprint density at radius 3 is 2.18 bits per heavy atom. The van der Waals surface area contributed by atoms with Gasteiger partial charge in [-0.05, 0) is 34.0 Å². The second-order valence-corrected chi connectivity index (χ2v) is 7.84. The summed E-state index contributed by atoms with van der Waals surface area (Å²) < 4.78 is 0. The Bertz CT molecular complexity index is 435. The maximum absolute atomic E-state index is 12.5. The highest BCUT2D eigenvalue weighted by atomic mass is 16.2. The number of rotatable bonds is 17. The van der Waals surface area contributed by atoms with E-state index < -0.39 is 6.04 Å². The van der Waals surface area contributed by atoms with Gasteiger partial charge in [0, 0.05) is 57.6 Å². The minimum absolute atomic E-state index is 0.0355. The van der Waals surface area contributed by atoms with Crippen LogP contribution in [0.5, 0.6) is 0 Å². The Hall–Kier alpha value is -1.06. The van der Waals surface area contributed by atoms with Crippen LogP contribution >= 0.6 is 0 Å². The van der Waals surface area contributed by atoms with Crippen LogP contribution in [0.15, 0.2) is 0 Å². The van der Waals surface area contributed by atoms with Crippen molar-refractivity contribution >= 4 is 11.7 Å². The van der Waals surface area contributed by atoms with Gasteiger partial charge < -0.3 is 31.9 Å². The highest BCUT2D eigenvalue weighted by molar-refractivity contribution is 5.91. The van der Waals surface area contributed by atoms with Gasteiger partial charge in [-0.25, -0.2) is 0 Å². The molecule has 0 bridgehead atoms. The SMILES string of the molecule is CCCCNC(C)C(C)C(=O)C(N)CC(=O)NCCN(C)CCN(C)CCN. The minimum atomic E-state index is -0.756. The molecule has 3 atom stereocenters. The fourth-order valence-electron chi connectivity index (χ4n) is 2.81. The number of ketones is 1. The number of unbranched alkanes of at least 4 members (excludes halogenated alkanes) is 1. The number of nitrogens with zero attached hydrogens (tertiary/aromatic N) is 2. The first-order valence-corrected chi connectivity index (χ1v) is 10.6. The standard InChI is InChI=1S/C20H44N6O2/c1-6-7-9-23-17(3)16(2)20(28)18(22)15-19(27)24-10-12-26(5)14-13-25(4)11-8-21/h16-18,23H,6-15,21-22H2,1-5H3,(H,24,27). The molecular formula is C20H44N6O2. The Balaban J connectivity index is 4.08. The molecule has 0 rings (SSSR count). The van der Waals surface area contributed by atoms with Crippen molar-refractivity contribution in [1.82, 2.24) is 20.4 Å². The van der Waals surface area contributed by atoms with Crippen LogP contribution in [0.4, 0.5) is 0 Å². The molecule has 0 heterocycles. The van der Waals surface area contributed by atoms with Gasteiger partial charge in [-0.15, -0.1) is 0 Å². The third-order valence-electron chi connectivity index (χ3n) is 5.16. The fourth-order valence-corrected chi connectivity index (χ4v) is 2.81. The number of hydrogen-bond acceptors (Lipinski definition) is 7. The van der Waals surface area contributed by atoms with E-state index in [4.69, 9.17) is 11.5 Å². The molecule has 0 aliphatic carbocycles. The highest BCUT2D eigenvalue weighted by Gasteiger charge is 2.26. The summed E-state index contributed by atoms with van der Waals surface area (Å²) in [6, 6.07) is -0.702. The summed E-state index contributed by atoms with van der Waals surface area (Å²) in [6.45, 7) is 11.6. The normalized spacial score (nSPS) is 14.9. The largest absolute Gasteiger partial charge is 0.355 e. The molecule has 0 aromatic heterocycles. The van der Waals surface area contributed by atoms with E-state index in [1.165, 1.54) is 0 Å². The number of amides is 1. The van der Waals surface area contributed by atoms with Crippen LogP contribution in [0.25, 0.3) is 0 Å². The lowest BCUT2D eigenvalue weighted by Gasteiger charge is -2.23. The van der Waals surface area contributed by atoms with Crippen molar-refractivity contribution in [2.24, 2.45) is 17.4 Å². The van der Waals surface area contributed by atoms with E-state index in [9.17, 15) is 9.59 Å². The summed E-state index contributed by atoms with van der Waals surface area (Å²) in [5, 5.41) is 6.21. The van der Waals surface area contributed by atoms with E-state index >= 15 is 0 Å². The summed E-state index contributed by atoms with van der Waals surface area (Å²) in [6.07, 6.45) is 2.23. The molecule has 8 nitrogen and oxygen atoms in total. The summed E-state index contributed by atoms with van der Waals surface area (Å²) in [5.74, 6) is -0.448. The lowest BCUT2D eigenvalue weighted by molar-refractivity contribution is -0.128. The Morgan fingerprint density at radius 2 is 1.61 bits per heavy atom. The topological polar surface area (TPSA) is 117 Å². The Kier molecular flexibility index (Phi) is 15.2. The second kappa shape index (κ2) is 15.8. The van der Waals surface area contributed by atoms with Crippen molar-refractivity contribution in [2.75, 3.05) is 59.9 Å². The van der Waals surface area contributed by atoms with Crippen molar-refractivity contribution in [2.45, 2.75) is 52.1 Å². The van der Waals surface area contributed by atoms with Crippen molar-refractivity contribution in [3.05, 3.63) is 0 Å². The van der Waals surface area contributed by atoms with Crippen LogP contribution in [-0.2, 0) is 9.59 Å². The molecule has 0 aliphatic rings. The van der Waals surface area contributed by atoms with E-state index in [0.29, 0.717) is 13.1 Å². The Morgan fingerprint density at radius 1 is 1.00 bits per heavy atom. The first-order valence-electron chi connectivity index (χ1n) is 10.6. The zero-order chi connectivity index (χ0) is 21.5. The predicted octanol–water partition coefficient (Wildman–Crippen LogP) is -0.374. The lowest BCUT2D eigenvalue weighted by Crippen LogP contribution is -2.46. The first kappa shape index (κ1) is 26.9. The van der Waals surface area contributed by atoms with Crippen molar-refractivity contribution < 1.29 is 9.59 Å². The molecule has 1 amide bonds. The average molecular weight is 401 g/mol. The molecule has 0 saturated heterocycles. The van der Waals surface area contributed by atoms with Crippen LogP contribution in [0, 0.1) is 5.92 Å². The molecule has 0 aliphatic heterocycles. The zero-order valence-electron chi connectivity index (χ0n) is 18.7. The van der Waals surface area contributed by atoms with E-state index in [0.717, 1.165) is 45.6 Å². The smallest absolute Gasteiger partial charge is 0.222 e. The van der Waals surface area contributed by atoms with Gasteiger partial charge in [-0.1, -0.05) is 20.3 Å². The number of hydrogen-bond donors (Lipinski definition) is 4.